The zero-order chi connectivity index (χ0) is 28.4. The van der Waals surface area contributed by atoms with Crippen LogP contribution in [0.1, 0.15) is 18.2 Å². The van der Waals surface area contributed by atoms with Crippen molar-refractivity contribution in [3.05, 3.63) is 71.1 Å². The average molecular weight is 581 g/mol. The molecule has 0 aliphatic carbocycles. The maximum atomic E-state index is 13.2. The molecule has 5 aromatic rings. The van der Waals surface area contributed by atoms with Crippen molar-refractivity contribution < 1.29 is 22.6 Å². The Morgan fingerprint density at radius 1 is 0.925 bits per heavy atom. The van der Waals surface area contributed by atoms with E-state index < -0.39 is 15.6 Å². The number of rotatable bonds is 9. The number of pyridine rings is 2. The second kappa shape index (κ2) is 11.1. The molecule has 206 valence electrons. The molecule has 0 saturated carbocycles. The van der Waals surface area contributed by atoms with Crippen LogP contribution in [0.5, 0.6) is 17.4 Å². The lowest BCUT2D eigenvalue weighted by atomic mass is 10.2. The molecule has 0 bridgehead atoms. The van der Waals surface area contributed by atoms with Gasteiger partial charge in [-0.15, -0.1) is 0 Å². The van der Waals surface area contributed by atoms with E-state index in [1.165, 1.54) is 26.5 Å². The maximum absolute atomic E-state index is 13.2. The van der Waals surface area contributed by atoms with Gasteiger partial charge < -0.3 is 14.2 Å². The molecule has 4 aromatic heterocycles. The van der Waals surface area contributed by atoms with Crippen LogP contribution in [0.15, 0.2) is 59.8 Å². The van der Waals surface area contributed by atoms with Crippen LogP contribution in [-0.2, 0) is 15.6 Å². The number of imidazole rings is 1. The van der Waals surface area contributed by atoms with E-state index in [9.17, 15) is 8.42 Å². The second-order valence-corrected chi connectivity index (χ2v) is 10.9. The summed E-state index contributed by atoms with van der Waals surface area (Å²) in [6.45, 7) is 4.11. The van der Waals surface area contributed by atoms with Gasteiger partial charge in [0.2, 0.25) is 15.7 Å². The van der Waals surface area contributed by atoms with Gasteiger partial charge in [0.1, 0.15) is 28.6 Å². The Morgan fingerprint density at radius 3 is 2.30 bits per heavy atom. The monoisotopic (exact) mass is 580 g/mol. The van der Waals surface area contributed by atoms with Gasteiger partial charge in [0.15, 0.2) is 27.3 Å². The summed E-state index contributed by atoms with van der Waals surface area (Å²) in [4.78, 5) is 22.4. The van der Waals surface area contributed by atoms with Crippen molar-refractivity contribution in [1.29, 1.82) is 0 Å². The van der Waals surface area contributed by atoms with Crippen LogP contribution in [0.2, 0.25) is 5.15 Å². The number of ether oxygens (including phenoxy) is 3. The van der Waals surface area contributed by atoms with Gasteiger partial charge in [-0.2, -0.15) is 0 Å². The van der Waals surface area contributed by atoms with Gasteiger partial charge >= 0.3 is 0 Å². The van der Waals surface area contributed by atoms with E-state index in [1.807, 2.05) is 13.8 Å². The minimum atomic E-state index is -3.89. The van der Waals surface area contributed by atoms with Crippen molar-refractivity contribution in [3.8, 4) is 34.6 Å². The molecule has 5 rings (SSSR count). The van der Waals surface area contributed by atoms with E-state index >= 15 is 0 Å². The molecule has 11 nitrogen and oxygen atoms in total. The highest BCUT2D eigenvalue weighted by atomic mass is 35.5. The number of para-hydroxylation sites is 1. The van der Waals surface area contributed by atoms with E-state index in [1.54, 1.807) is 47.0 Å². The third kappa shape index (κ3) is 5.15. The van der Waals surface area contributed by atoms with Gasteiger partial charge in [0.05, 0.1) is 26.5 Å². The Balaban J connectivity index is 1.77. The van der Waals surface area contributed by atoms with Gasteiger partial charge in [0.25, 0.3) is 0 Å². The summed E-state index contributed by atoms with van der Waals surface area (Å²) in [6.07, 6.45) is 1.49. The number of benzene rings is 1. The number of aromatic nitrogens is 6. The molecule has 0 unspecified atom stereocenters. The molecule has 0 N–H and O–H groups in total. The van der Waals surface area contributed by atoms with Crippen LogP contribution in [0, 0.1) is 6.92 Å². The second-order valence-electron chi connectivity index (χ2n) is 8.62. The third-order valence-electron chi connectivity index (χ3n) is 5.92. The Kier molecular flexibility index (Phi) is 7.55. The van der Waals surface area contributed by atoms with Gasteiger partial charge in [0, 0.05) is 12.3 Å². The molecule has 0 spiro atoms. The minimum absolute atomic E-state index is 0.0362. The molecule has 0 radical (unpaired) electrons. The fourth-order valence-electron chi connectivity index (χ4n) is 4.09. The third-order valence-corrected chi connectivity index (χ3v) is 7.75. The molecule has 40 heavy (non-hydrogen) atoms. The number of methoxy groups -OCH3 is 2. The number of fused-ring (bicyclic) bond motifs is 1. The molecule has 1 aromatic carbocycles. The highest BCUT2D eigenvalue weighted by Gasteiger charge is 2.27. The van der Waals surface area contributed by atoms with Crippen LogP contribution >= 0.6 is 11.6 Å². The average Bonchev–Trinajstić information content (AvgIpc) is 3.30. The molecule has 4 heterocycles. The van der Waals surface area contributed by atoms with Crippen LogP contribution in [0.4, 0.5) is 0 Å². The van der Waals surface area contributed by atoms with E-state index in [2.05, 4.69) is 19.9 Å². The smallest absolute Gasteiger partial charge is 0.213 e. The van der Waals surface area contributed by atoms with Crippen LogP contribution in [-0.4, -0.2) is 58.7 Å². The van der Waals surface area contributed by atoms with E-state index in [4.69, 9.17) is 30.8 Å². The number of halogens is 1. The molecular formula is C27H25ClN6O5S. The largest absolute Gasteiger partial charge is 0.494 e. The fraction of sp³-hybridized carbons (Fsp3) is 0.222. The van der Waals surface area contributed by atoms with Crippen LogP contribution in [0.25, 0.3) is 28.5 Å². The molecule has 0 aliphatic rings. The lowest BCUT2D eigenvalue weighted by Gasteiger charge is -2.16. The number of hydrogen-bond donors (Lipinski definition) is 0. The SMILES string of the molecule is CCOc1cccc(-c2nc3nc(Cl)c(CS(=O)(=O)c4ccc(C)cn4)nc3n2-c2c(OC)cccc2OC)n1. The van der Waals surface area contributed by atoms with Crippen LogP contribution < -0.4 is 14.2 Å². The lowest BCUT2D eigenvalue weighted by Crippen LogP contribution is -2.11. The zero-order valence-electron chi connectivity index (χ0n) is 22.1. The predicted molar refractivity (Wildman–Crippen MR) is 149 cm³/mol. The summed E-state index contributed by atoms with van der Waals surface area (Å²) >= 11 is 6.47. The molecule has 0 atom stereocenters. The molecule has 0 fully saturated rings. The molecule has 0 aliphatic heterocycles. The first-order valence-electron chi connectivity index (χ1n) is 12.2. The fourth-order valence-corrected chi connectivity index (χ4v) is 5.56. The maximum Gasteiger partial charge on any atom is 0.213 e. The Labute approximate surface area is 235 Å². The van der Waals surface area contributed by atoms with E-state index in [0.29, 0.717) is 41.2 Å². The van der Waals surface area contributed by atoms with Gasteiger partial charge in [-0.05, 0) is 43.7 Å². The van der Waals surface area contributed by atoms with Crippen molar-refractivity contribution in [2.45, 2.75) is 24.6 Å². The molecule has 13 heteroatoms. The summed E-state index contributed by atoms with van der Waals surface area (Å²) < 4.78 is 45.0. The van der Waals surface area contributed by atoms with Gasteiger partial charge in [-0.25, -0.2) is 33.3 Å². The normalized spacial score (nSPS) is 11.5. The minimum Gasteiger partial charge on any atom is -0.494 e. The predicted octanol–water partition coefficient (Wildman–Crippen LogP) is 4.62. The molecule has 0 saturated heterocycles. The summed E-state index contributed by atoms with van der Waals surface area (Å²) in [6, 6.07) is 13.7. The lowest BCUT2D eigenvalue weighted by molar-refractivity contribution is 0.327. The summed E-state index contributed by atoms with van der Waals surface area (Å²) in [7, 11) is -0.832. The van der Waals surface area contributed by atoms with Crippen molar-refractivity contribution in [2.24, 2.45) is 0 Å². The number of nitrogens with zero attached hydrogens (tertiary/aromatic N) is 6. The Morgan fingerprint density at radius 2 is 1.65 bits per heavy atom. The Bertz CT molecular complexity index is 1790. The van der Waals surface area contributed by atoms with Crippen LogP contribution in [0.3, 0.4) is 0 Å². The molecule has 0 amide bonds. The highest BCUT2D eigenvalue weighted by Crippen LogP contribution is 2.38. The summed E-state index contributed by atoms with van der Waals surface area (Å²) in [5, 5.41) is -0.184. The first-order valence-corrected chi connectivity index (χ1v) is 14.2. The van der Waals surface area contributed by atoms with Gasteiger partial charge in [-0.3, -0.25) is 4.57 Å². The highest BCUT2D eigenvalue weighted by molar-refractivity contribution is 7.90. The van der Waals surface area contributed by atoms with Crippen molar-refractivity contribution >= 4 is 32.7 Å². The standard InChI is InChI=1S/C27H25ClN6O5S/c1-5-39-21-11-6-8-17(30-21)26-33-25-27(34(26)23-19(37-3)9-7-10-20(23)38-4)31-18(24(28)32-25)15-40(35,36)22-13-12-16(2)14-29-22/h6-14H,5,15H2,1-4H3. The van der Waals surface area contributed by atoms with Crippen molar-refractivity contribution in [2.75, 3.05) is 20.8 Å². The Hall–Kier alpha value is -4.29. The first-order chi connectivity index (χ1) is 19.2. The van der Waals surface area contributed by atoms with E-state index in [-0.39, 0.29) is 27.2 Å². The molecular weight excluding hydrogens is 556 g/mol. The van der Waals surface area contributed by atoms with E-state index in [0.717, 1.165) is 5.56 Å². The first kappa shape index (κ1) is 27.3. The summed E-state index contributed by atoms with van der Waals surface area (Å²) in [5.74, 6) is 1.13. The number of hydrogen-bond acceptors (Lipinski definition) is 10. The summed E-state index contributed by atoms with van der Waals surface area (Å²) in [5.41, 5.74) is 2.20. The quantitative estimate of drug-likeness (QED) is 0.243. The number of sulfone groups is 1. The number of aryl methyl sites for hydroxylation is 1. The van der Waals surface area contributed by atoms with Gasteiger partial charge in [-0.1, -0.05) is 29.8 Å². The van der Waals surface area contributed by atoms with Crippen molar-refractivity contribution in [1.82, 2.24) is 29.5 Å². The zero-order valence-corrected chi connectivity index (χ0v) is 23.7. The topological polar surface area (TPSA) is 131 Å². The van der Waals surface area contributed by atoms with Crippen molar-refractivity contribution in [3.63, 3.8) is 0 Å².